The standard InChI is InChI=1S/C14H15NO2/c1-10-3-2-4-12(7-10)15-9-11-8-13(16)5-6-14(11)17/h2-8,15-17H,9H2,1H3. The summed E-state index contributed by atoms with van der Waals surface area (Å²) < 4.78 is 0. The quantitative estimate of drug-likeness (QED) is 0.709. The fraction of sp³-hybridized carbons (Fsp3) is 0.143. The molecule has 0 saturated heterocycles. The monoisotopic (exact) mass is 229 g/mol. The molecule has 2 aromatic carbocycles. The summed E-state index contributed by atoms with van der Waals surface area (Å²) in [6.07, 6.45) is 0. The summed E-state index contributed by atoms with van der Waals surface area (Å²) in [6, 6.07) is 12.5. The molecule has 2 rings (SSSR count). The highest BCUT2D eigenvalue weighted by atomic mass is 16.3. The zero-order valence-corrected chi connectivity index (χ0v) is 9.64. The predicted molar refractivity (Wildman–Crippen MR) is 68.3 cm³/mol. The predicted octanol–water partition coefficient (Wildman–Crippen LogP) is 3.02. The molecule has 17 heavy (non-hydrogen) atoms. The fourth-order valence-corrected chi connectivity index (χ4v) is 1.67. The number of hydrogen-bond donors (Lipinski definition) is 3. The van der Waals surface area contributed by atoms with Crippen LogP contribution in [0.3, 0.4) is 0 Å². The van der Waals surface area contributed by atoms with Gasteiger partial charge >= 0.3 is 0 Å². The first-order chi connectivity index (χ1) is 8.15. The number of benzene rings is 2. The van der Waals surface area contributed by atoms with E-state index in [0.29, 0.717) is 12.1 Å². The van der Waals surface area contributed by atoms with Crippen molar-refractivity contribution < 1.29 is 10.2 Å². The van der Waals surface area contributed by atoms with E-state index in [4.69, 9.17) is 0 Å². The van der Waals surface area contributed by atoms with E-state index in [9.17, 15) is 10.2 Å². The third kappa shape index (κ3) is 2.91. The molecule has 0 aliphatic carbocycles. The highest BCUT2D eigenvalue weighted by molar-refractivity contribution is 5.47. The molecular weight excluding hydrogens is 214 g/mol. The number of anilines is 1. The Morgan fingerprint density at radius 2 is 1.88 bits per heavy atom. The van der Waals surface area contributed by atoms with Gasteiger partial charge in [-0.25, -0.2) is 0 Å². The Morgan fingerprint density at radius 1 is 1.06 bits per heavy atom. The van der Waals surface area contributed by atoms with E-state index in [-0.39, 0.29) is 11.5 Å². The summed E-state index contributed by atoms with van der Waals surface area (Å²) in [5.74, 6) is 0.340. The minimum Gasteiger partial charge on any atom is -0.508 e. The van der Waals surface area contributed by atoms with Gasteiger partial charge in [0, 0.05) is 17.8 Å². The zero-order chi connectivity index (χ0) is 12.3. The van der Waals surface area contributed by atoms with Gasteiger partial charge in [0.2, 0.25) is 0 Å². The maximum atomic E-state index is 9.62. The van der Waals surface area contributed by atoms with Crippen molar-refractivity contribution in [2.24, 2.45) is 0 Å². The number of rotatable bonds is 3. The van der Waals surface area contributed by atoms with Crippen molar-refractivity contribution in [1.29, 1.82) is 0 Å². The van der Waals surface area contributed by atoms with Crippen LogP contribution in [0.4, 0.5) is 5.69 Å². The Balaban J connectivity index is 2.09. The minimum atomic E-state index is 0.156. The molecule has 3 N–H and O–H groups in total. The van der Waals surface area contributed by atoms with E-state index >= 15 is 0 Å². The van der Waals surface area contributed by atoms with E-state index in [1.807, 2.05) is 31.2 Å². The second kappa shape index (κ2) is 4.78. The van der Waals surface area contributed by atoms with Gasteiger partial charge in [0.1, 0.15) is 11.5 Å². The molecule has 0 aliphatic rings. The van der Waals surface area contributed by atoms with Gasteiger partial charge in [-0.1, -0.05) is 12.1 Å². The van der Waals surface area contributed by atoms with Crippen LogP contribution in [0.2, 0.25) is 0 Å². The van der Waals surface area contributed by atoms with Crippen LogP contribution in [0.25, 0.3) is 0 Å². The van der Waals surface area contributed by atoms with Crippen molar-refractivity contribution in [3.63, 3.8) is 0 Å². The van der Waals surface area contributed by atoms with Gasteiger partial charge in [-0.15, -0.1) is 0 Å². The van der Waals surface area contributed by atoms with Crippen molar-refractivity contribution in [3.05, 3.63) is 53.6 Å². The lowest BCUT2D eigenvalue weighted by molar-refractivity contribution is 0.455. The smallest absolute Gasteiger partial charge is 0.120 e. The Hall–Kier alpha value is -2.16. The van der Waals surface area contributed by atoms with Crippen molar-refractivity contribution in [2.75, 3.05) is 5.32 Å². The van der Waals surface area contributed by atoms with Crippen molar-refractivity contribution >= 4 is 5.69 Å². The van der Waals surface area contributed by atoms with E-state index < -0.39 is 0 Å². The SMILES string of the molecule is Cc1cccc(NCc2cc(O)ccc2O)c1. The number of phenols is 2. The van der Waals surface area contributed by atoms with E-state index in [1.54, 1.807) is 6.07 Å². The van der Waals surface area contributed by atoms with Gasteiger partial charge < -0.3 is 15.5 Å². The highest BCUT2D eigenvalue weighted by Gasteiger charge is 2.02. The van der Waals surface area contributed by atoms with Crippen LogP contribution in [0.15, 0.2) is 42.5 Å². The Labute approximate surface area is 100 Å². The highest BCUT2D eigenvalue weighted by Crippen LogP contribution is 2.23. The maximum absolute atomic E-state index is 9.62. The number of phenolic OH excluding ortho intramolecular Hbond substituents is 2. The van der Waals surface area contributed by atoms with Gasteiger partial charge in [-0.2, -0.15) is 0 Å². The van der Waals surface area contributed by atoms with Gasteiger partial charge in [0.15, 0.2) is 0 Å². The molecule has 0 atom stereocenters. The molecule has 0 unspecified atom stereocenters. The summed E-state index contributed by atoms with van der Waals surface area (Å²) in [5.41, 5.74) is 2.84. The molecule has 0 fully saturated rings. The van der Waals surface area contributed by atoms with Crippen molar-refractivity contribution in [3.8, 4) is 11.5 Å². The molecule has 0 radical (unpaired) electrons. The summed E-state index contributed by atoms with van der Waals surface area (Å²) in [4.78, 5) is 0. The van der Waals surface area contributed by atoms with Crippen LogP contribution in [-0.4, -0.2) is 10.2 Å². The molecule has 0 saturated carbocycles. The van der Waals surface area contributed by atoms with Crippen LogP contribution >= 0.6 is 0 Å². The maximum Gasteiger partial charge on any atom is 0.120 e. The average molecular weight is 229 g/mol. The largest absolute Gasteiger partial charge is 0.508 e. The first-order valence-electron chi connectivity index (χ1n) is 5.46. The summed E-state index contributed by atoms with van der Waals surface area (Å²) >= 11 is 0. The number of hydrogen-bond acceptors (Lipinski definition) is 3. The van der Waals surface area contributed by atoms with Crippen molar-refractivity contribution in [1.82, 2.24) is 0 Å². The van der Waals surface area contributed by atoms with Crippen LogP contribution in [0.1, 0.15) is 11.1 Å². The molecule has 88 valence electrons. The van der Waals surface area contributed by atoms with Crippen LogP contribution < -0.4 is 5.32 Å². The first kappa shape index (κ1) is 11.3. The van der Waals surface area contributed by atoms with E-state index in [2.05, 4.69) is 5.32 Å². The summed E-state index contributed by atoms with van der Waals surface area (Å²) in [7, 11) is 0. The lowest BCUT2D eigenvalue weighted by Gasteiger charge is -2.09. The lowest BCUT2D eigenvalue weighted by Crippen LogP contribution is -1.99. The number of aromatic hydroxyl groups is 2. The van der Waals surface area contributed by atoms with Crippen LogP contribution in [0.5, 0.6) is 11.5 Å². The molecular formula is C14H15NO2. The van der Waals surface area contributed by atoms with Crippen molar-refractivity contribution in [2.45, 2.75) is 13.5 Å². The van der Waals surface area contributed by atoms with Gasteiger partial charge in [-0.05, 0) is 42.8 Å². The zero-order valence-electron chi connectivity index (χ0n) is 9.64. The molecule has 3 heteroatoms. The minimum absolute atomic E-state index is 0.156. The topological polar surface area (TPSA) is 52.5 Å². The Morgan fingerprint density at radius 3 is 2.65 bits per heavy atom. The average Bonchev–Trinajstić information content (AvgIpc) is 2.30. The van der Waals surface area contributed by atoms with Crippen LogP contribution in [-0.2, 0) is 6.54 Å². The summed E-state index contributed by atoms with van der Waals surface area (Å²) in [6.45, 7) is 2.50. The molecule has 0 aliphatic heterocycles. The molecule has 3 nitrogen and oxygen atoms in total. The molecule has 0 heterocycles. The second-order valence-electron chi connectivity index (χ2n) is 4.04. The first-order valence-corrected chi connectivity index (χ1v) is 5.46. The van der Waals surface area contributed by atoms with E-state index in [0.717, 1.165) is 5.69 Å². The molecule has 0 amide bonds. The van der Waals surface area contributed by atoms with Crippen LogP contribution in [0, 0.1) is 6.92 Å². The Kier molecular flexibility index (Phi) is 3.19. The third-order valence-electron chi connectivity index (χ3n) is 2.56. The molecule has 0 bridgehead atoms. The number of nitrogens with one attached hydrogen (secondary N) is 1. The normalized spacial score (nSPS) is 10.2. The Bertz CT molecular complexity index is 523. The lowest BCUT2D eigenvalue weighted by atomic mass is 10.1. The van der Waals surface area contributed by atoms with Gasteiger partial charge in [0.25, 0.3) is 0 Å². The fourth-order valence-electron chi connectivity index (χ4n) is 1.67. The van der Waals surface area contributed by atoms with Gasteiger partial charge in [0.05, 0.1) is 0 Å². The molecule has 2 aromatic rings. The van der Waals surface area contributed by atoms with Gasteiger partial charge in [-0.3, -0.25) is 0 Å². The van der Waals surface area contributed by atoms with E-state index in [1.165, 1.54) is 17.7 Å². The molecule has 0 aromatic heterocycles. The second-order valence-corrected chi connectivity index (χ2v) is 4.04. The third-order valence-corrected chi connectivity index (χ3v) is 2.56. The number of aryl methyl sites for hydroxylation is 1. The molecule has 0 spiro atoms. The summed E-state index contributed by atoms with van der Waals surface area (Å²) in [5, 5.41) is 22.2.